The highest BCUT2D eigenvalue weighted by Gasteiger charge is 2.13. The summed E-state index contributed by atoms with van der Waals surface area (Å²) in [6, 6.07) is 9.19. The van der Waals surface area contributed by atoms with Gasteiger partial charge in [-0.2, -0.15) is 5.10 Å². The molecule has 0 spiro atoms. The van der Waals surface area contributed by atoms with Crippen LogP contribution in [0.1, 0.15) is 42.9 Å². The van der Waals surface area contributed by atoms with Crippen LogP contribution in [0.4, 0.5) is 5.69 Å². The van der Waals surface area contributed by atoms with Crippen molar-refractivity contribution >= 4 is 17.5 Å². The SMILES string of the molecule is CC(=O)Nc1cccc(CNC(=O)c2ccnn2C(C)C)c1. The predicted octanol–water partition coefficient (Wildman–Crippen LogP) is 2.35. The summed E-state index contributed by atoms with van der Waals surface area (Å²) in [7, 11) is 0. The van der Waals surface area contributed by atoms with Crippen LogP contribution in [-0.4, -0.2) is 21.6 Å². The molecule has 1 aromatic heterocycles. The number of carbonyl (C=O) groups is 2. The van der Waals surface area contributed by atoms with E-state index in [1.807, 2.05) is 32.0 Å². The van der Waals surface area contributed by atoms with Gasteiger partial charge in [0, 0.05) is 31.4 Å². The Labute approximate surface area is 129 Å². The Hall–Kier alpha value is -2.63. The van der Waals surface area contributed by atoms with E-state index in [1.165, 1.54) is 6.92 Å². The van der Waals surface area contributed by atoms with E-state index in [-0.39, 0.29) is 17.9 Å². The lowest BCUT2D eigenvalue weighted by Gasteiger charge is -2.11. The molecule has 0 atom stereocenters. The minimum Gasteiger partial charge on any atom is -0.347 e. The van der Waals surface area contributed by atoms with Crippen molar-refractivity contribution in [3.8, 4) is 0 Å². The first-order valence-corrected chi connectivity index (χ1v) is 7.15. The van der Waals surface area contributed by atoms with Crippen LogP contribution >= 0.6 is 0 Å². The summed E-state index contributed by atoms with van der Waals surface area (Å²) in [5.41, 5.74) is 2.16. The largest absolute Gasteiger partial charge is 0.347 e. The maximum Gasteiger partial charge on any atom is 0.269 e. The zero-order valence-electron chi connectivity index (χ0n) is 13.0. The summed E-state index contributed by atoms with van der Waals surface area (Å²) in [5.74, 6) is -0.293. The number of hydrogen-bond acceptors (Lipinski definition) is 3. The molecule has 6 nitrogen and oxygen atoms in total. The van der Waals surface area contributed by atoms with Crippen LogP contribution in [0.15, 0.2) is 36.5 Å². The number of nitrogens with zero attached hydrogens (tertiary/aromatic N) is 2. The molecule has 2 rings (SSSR count). The van der Waals surface area contributed by atoms with Gasteiger partial charge in [0.05, 0.1) is 0 Å². The summed E-state index contributed by atoms with van der Waals surface area (Å²) in [6.45, 7) is 5.79. The van der Waals surface area contributed by atoms with E-state index in [1.54, 1.807) is 23.0 Å². The molecule has 116 valence electrons. The second-order valence-electron chi connectivity index (χ2n) is 5.32. The van der Waals surface area contributed by atoms with Gasteiger partial charge in [-0.1, -0.05) is 12.1 Å². The van der Waals surface area contributed by atoms with Crippen molar-refractivity contribution in [1.82, 2.24) is 15.1 Å². The van der Waals surface area contributed by atoms with Crippen molar-refractivity contribution in [3.63, 3.8) is 0 Å². The molecule has 1 heterocycles. The summed E-state index contributed by atoms with van der Waals surface area (Å²) in [5, 5.41) is 9.73. The van der Waals surface area contributed by atoms with Gasteiger partial charge in [-0.15, -0.1) is 0 Å². The number of aromatic nitrogens is 2. The van der Waals surface area contributed by atoms with Gasteiger partial charge in [0.15, 0.2) is 0 Å². The normalized spacial score (nSPS) is 10.5. The fourth-order valence-corrected chi connectivity index (χ4v) is 2.14. The average Bonchev–Trinajstić information content (AvgIpc) is 2.94. The van der Waals surface area contributed by atoms with Gasteiger partial charge < -0.3 is 10.6 Å². The lowest BCUT2D eigenvalue weighted by atomic mass is 10.2. The van der Waals surface area contributed by atoms with Gasteiger partial charge in [0.2, 0.25) is 5.91 Å². The van der Waals surface area contributed by atoms with Crippen molar-refractivity contribution in [2.75, 3.05) is 5.32 Å². The number of amides is 2. The molecule has 1 aromatic carbocycles. The van der Waals surface area contributed by atoms with E-state index in [0.717, 1.165) is 5.56 Å². The molecule has 0 saturated heterocycles. The first-order chi connectivity index (χ1) is 10.5. The van der Waals surface area contributed by atoms with Crippen LogP contribution in [0.25, 0.3) is 0 Å². The maximum absolute atomic E-state index is 12.2. The molecular weight excluding hydrogens is 280 g/mol. The van der Waals surface area contributed by atoms with Gasteiger partial charge in [0.1, 0.15) is 5.69 Å². The van der Waals surface area contributed by atoms with Crippen molar-refractivity contribution in [2.45, 2.75) is 33.4 Å². The monoisotopic (exact) mass is 300 g/mol. The molecule has 0 aliphatic carbocycles. The summed E-state index contributed by atoms with van der Waals surface area (Å²) < 4.78 is 1.68. The highest BCUT2D eigenvalue weighted by atomic mass is 16.2. The molecule has 0 aliphatic rings. The number of carbonyl (C=O) groups excluding carboxylic acids is 2. The molecule has 6 heteroatoms. The van der Waals surface area contributed by atoms with E-state index < -0.39 is 0 Å². The average molecular weight is 300 g/mol. The molecule has 2 aromatic rings. The Balaban J connectivity index is 2.02. The molecular formula is C16H20N4O2. The second kappa shape index (κ2) is 6.89. The van der Waals surface area contributed by atoms with Crippen LogP contribution in [0.2, 0.25) is 0 Å². The van der Waals surface area contributed by atoms with Gasteiger partial charge in [-0.05, 0) is 37.6 Å². The smallest absolute Gasteiger partial charge is 0.269 e. The van der Waals surface area contributed by atoms with Crippen molar-refractivity contribution < 1.29 is 9.59 Å². The Morgan fingerprint density at radius 3 is 2.73 bits per heavy atom. The number of hydrogen-bond donors (Lipinski definition) is 2. The minimum atomic E-state index is -0.170. The molecule has 2 amide bonds. The Kier molecular flexibility index (Phi) is 4.93. The summed E-state index contributed by atoms with van der Waals surface area (Å²) in [6.07, 6.45) is 1.62. The minimum absolute atomic E-state index is 0.123. The van der Waals surface area contributed by atoms with Gasteiger partial charge >= 0.3 is 0 Å². The summed E-state index contributed by atoms with van der Waals surface area (Å²) >= 11 is 0. The first kappa shape index (κ1) is 15.8. The van der Waals surface area contributed by atoms with Gasteiger partial charge in [-0.25, -0.2) is 0 Å². The molecule has 0 fully saturated rings. The molecule has 22 heavy (non-hydrogen) atoms. The number of rotatable bonds is 5. The van der Waals surface area contributed by atoms with Crippen LogP contribution in [0.3, 0.4) is 0 Å². The van der Waals surface area contributed by atoms with Crippen LogP contribution in [-0.2, 0) is 11.3 Å². The zero-order chi connectivity index (χ0) is 16.1. The lowest BCUT2D eigenvalue weighted by Crippen LogP contribution is -2.26. The van der Waals surface area contributed by atoms with E-state index in [0.29, 0.717) is 17.9 Å². The molecule has 0 radical (unpaired) electrons. The topological polar surface area (TPSA) is 76.0 Å². The second-order valence-corrected chi connectivity index (χ2v) is 5.32. The summed E-state index contributed by atoms with van der Waals surface area (Å²) in [4.78, 5) is 23.3. The maximum atomic E-state index is 12.2. The van der Waals surface area contributed by atoms with E-state index in [9.17, 15) is 9.59 Å². The third-order valence-electron chi connectivity index (χ3n) is 3.09. The highest BCUT2D eigenvalue weighted by Crippen LogP contribution is 2.11. The third-order valence-corrected chi connectivity index (χ3v) is 3.09. The predicted molar refractivity (Wildman–Crippen MR) is 84.5 cm³/mol. The van der Waals surface area contributed by atoms with Crippen LogP contribution < -0.4 is 10.6 Å². The number of anilines is 1. The standard InChI is InChI=1S/C16H20N4O2/c1-11(2)20-15(7-8-18-20)16(22)17-10-13-5-4-6-14(9-13)19-12(3)21/h4-9,11H,10H2,1-3H3,(H,17,22)(H,19,21). The van der Waals surface area contributed by atoms with E-state index in [4.69, 9.17) is 0 Å². The third kappa shape index (κ3) is 3.94. The Morgan fingerprint density at radius 2 is 2.05 bits per heavy atom. The molecule has 2 N–H and O–H groups in total. The number of benzene rings is 1. The fourth-order valence-electron chi connectivity index (χ4n) is 2.14. The van der Waals surface area contributed by atoms with Crippen LogP contribution in [0, 0.1) is 0 Å². The van der Waals surface area contributed by atoms with Gasteiger partial charge in [-0.3, -0.25) is 14.3 Å². The zero-order valence-corrected chi connectivity index (χ0v) is 13.0. The van der Waals surface area contributed by atoms with Crippen molar-refractivity contribution in [2.24, 2.45) is 0 Å². The Bertz CT molecular complexity index is 676. The lowest BCUT2D eigenvalue weighted by molar-refractivity contribution is -0.114. The quantitative estimate of drug-likeness (QED) is 0.890. The fraction of sp³-hybridized carbons (Fsp3) is 0.312. The molecule has 0 aliphatic heterocycles. The molecule has 0 saturated carbocycles. The van der Waals surface area contributed by atoms with E-state index >= 15 is 0 Å². The first-order valence-electron chi connectivity index (χ1n) is 7.15. The van der Waals surface area contributed by atoms with Crippen molar-refractivity contribution in [1.29, 1.82) is 0 Å². The number of nitrogens with one attached hydrogen (secondary N) is 2. The highest BCUT2D eigenvalue weighted by molar-refractivity contribution is 5.92. The Morgan fingerprint density at radius 1 is 1.27 bits per heavy atom. The molecule has 0 bridgehead atoms. The van der Waals surface area contributed by atoms with Gasteiger partial charge in [0.25, 0.3) is 5.91 Å². The van der Waals surface area contributed by atoms with E-state index in [2.05, 4.69) is 15.7 Å². The molecule has 0 unspecified atom stereocenters. The van der Waals surface area contributed by atoms with Crippen molar-refractivity contribution in [3.05, 3.63) is 47.8 Å². The van der Waals surface area contributed by atoms with Crippen LogP contribution in [0.5, 0.6) is 0 Å².